The van der Waals surface area contributed by atoms with Gasteiger partial charge in [-0.05, 0) is 26.0 Å². The summed E-state index contributed by atoms with van der Waals surface area (Å²) < 4.78 is 0. The van der Waals surface area contributed by atoms with Gasteiger partial charge in [0.1, 0.15) is 5.75 Å². The summed E-state index contributed by atoms with van der Waals surface area (Å²) in [5.41, 5.74) is 1.77. The summed E-state index contributed by atoms with van der Waals surface area (Å²) in [6.45, 7) is 7.93. The molecule has 104 valence electrons. The van der Waals surface area contributed by atoms with Crippen LogP contribution in [0.1, 0.15) is 26.3 Å². The smallest absolute Gasteiger partial charge is 0.217 e. The van der Waals surface area contributed by atoms with E-state index in [4.69, 9.17) is 0 Å². The summed E-state index contributed by atoms with van der Waals surface area (Å²) >= 11 is 0. The highest BCUT2D eigenvalue weighted by Gasteiger charge is 2.04. The number of hydrogen-bond acceptors (Lipinski definition) is 3. The zero-order chi connectivity index (χ0) is 14.3. The number of aromatic hydroxyl groups is 1. The quantitative estimate of drug-likeness (QED) is 0.827. The van der Waals surface area contributed by atoms with Crippen LogP contribution in [0.2, 0.25) is 0 Å². The molecule has 1 rings (SSSR count). The lowest BCUT2D eigenvalue weighted by molar-refractivity contribution is -0.118. The van der Waals surface area contributed by atoms with E-state index in [-0.39, 0.29) is 11.7 Å². The van der Waals surface area contributed by atoms with Gasteiger partial charge in [-0.15, -0.1) is 0 Å². The van der Waals surface area contributed by atoms with Crippen molar-refractivity contribution in [2.45, 2.75) is 20.8 Å². The van der Waals surface area contributed by atoms with Crippen molar-refractivity contribution < 1.29 is 9.90 Å². The first-order valence-corrected chi connectivity index (χ1v) is 6.57. The molecule has 0 saturated carbocycles. The predicted octanol–water partition coefficient (Wildman–Crippen LogP) is 2.39. The number of nitrogens with zero attached hydrogens (tertiary/aromatic N) is 1. The van der Waals surface area contributed by atoms with Gasteiger partial charge in [0.15, 0.2) is 0 Å². The second-order valence-electron chi connectivity index (χ2n) is 4.25. The summed E-state index contributed by atoms with van der Waals surface area (Å²) in [5.74, 6) is 0.189. The average Bonchev–Trinajstić information content (AvgIpc) is 2.38. The van der Waals surface area contributed by atoms with Gasteiger partial charge in [0.05, 0.1) is 0 Å². The monoisotopic (exact) mass is 262 g/mol. The third-order valence-electron chi connectivity index (χ3n) is 2.91. The number of carbonyl (C=O) groups excluding carboxylic acids is 1. The Labute approximate surface area is 114 Å². The van der Waals surface area contributed by atoms with E-state index >= 15 is 0 Å². The van der Waals surface area contributed by atoms with E-state index in [0.717, 1.165) is 24.3 Å². The molecular formula is C15H22N2O2. The Kier molecular flexibility index (Phi) is 5.93. The fourth-order valence-corrected chi connectivity index (χ4v) is 1.85. The highest BCUT2D eigenvalue weighted by Crippen LogP contribution is 2.25. The Morgan fingerprint density at radius 2 is 2.05 bits per heavy atom. The van der Waals surface area contributed by atoms with Crippen LogP contribution in [0.15, 0.2) is 24.3 Å². The van der Waals surface area contributed by atoms with Crippen LogP contribution in [0.25, 0.3) is 6.08 Å². The molecule has 0 aliphatic rings. The minimum Gasteiger partial charge on any atom is -0.507 e. The maximum Gasteiger partial charge on any atom is 0.217 e. The molecule has 1 amide bonds. The maximum atomic E-state index is 10.7. The third kappa shape index (κ3) is 4.66. The van der Waals surface area contributed by atoms with Crippen LogP contribution < -0.4 is 10.2 Å². The van der Waals surface area contributed by atoms with Gasteiger partial charge in [0.25, 0.3) is 0 Å². The molecule has 0 fully saturated rings. The lowest BCUT2D eigenvalue weighted by atomic mass is 10.1. The van der Waals surface area contributed by atoms with Crippen LogP contribution >= 0.6 is 0 Å². The van der Waals surface area contributed by atoms with Gasteiger partial charge in [-0.25, -0.2) is 0 Å². The molecule has 0 spiro atoms. The predicted molar refractivity (Wildman–Crippen MR) is 79.4 cm³/mol. The lowest BCUT2D eigenvalue weighted by Crippen LogP contribution is -2.21. The van der Waals surface area contributed by atoms with Crippen molar-refractivity contribution in [3.8, 4) is 5.75 Å². The Bertz CT molecular complexity index is 451. The minimum absolute atomic E-state index is 0.0641. The standard InChI is InChI=1S/C15H22N2O2/c1-4-17(5-2)14-9-8-13(15(19)11-14)7-6-10-16-12(3)18/h6-9,11,19H,4-5,10H2,1-3H3,(H,16,18). The van der Waals surface area contributed by atoms with E-state index < -0.39 is 0 Å². The first-order valence-electron chi connectivity index (χ1n) is 6.57. The largest absolute Gasteiger partial charge is 0.507 e. The zero-order valence-electron chi connectivity index (χ0n) is 11.8. The number of hydrogen-bond donors (Lipinski definition) is 2. The van der Waals surface area contributed by atoms with Crippen molar-refractivity contribution in [3.05, 3.63) is 29.8 Å². The average molecular weight is 262 g/mol. The van der Waals surface area contributed by atoms with Gasteiger partial charge < -0.3 is 15.3 Å². The Balaban J connectivity index is 2.74. The van der Waals surface area contributed by atoms with Crippen molar-refractivity contribution in [2.75, 3.05) is 24.5 Å². The van der Waals surface area contributed by atoms with Gasteiger partial charge in [0, 0.05) is 43.9 Å². The molecule has 0 aliphatic heterocycles. The van der Waals surface area contributed by atoms with Gasteiger partial charge >= 0.3 is 0 Å². The van der Waals surface area contributed by atoms with Crippen LogP contribution in [-0.4, -0.2) is 30.6 Å². The number of rotatable bonds is 6. The van der Waals surface area contributed by atoms with Crippen molar-refractivity contribution in [2.24, 2.45) is 0 Å². The number of amides is 1. The number of nitrogens with one attached hydrogen (secondary N) is 1. The molecule has 0 atom stereocenters. The van der Waals surface area contributed by atoms with Gasteiger partial charge in [-0.2, -0.15) is 0 Å². The molecule has 1 aromatic carbocycles. The fourth-order valence-electron chi connectivity index (χ4n) is 1.85. The minimum atomic E-state index is -0.0641. The van der Waals surface area contributed by atoms with E-state index in [1.807, 2.05) is 18.2 Å². The number of anilines is 1. The van der Waals surface area contributed by atoms with Crippen LogP contribution in [0, 0.1) is 0 Å². The molecule has 0 radical (unpaired) electrons. The Hall–Kier alpha value is -1.97. The lowest BCUT2D eigenvalue weighted by Gasteiger charge is -2.21. The van der Waals surface area contributed by atoms with Crippen LogP contribution in [0.4, 0.5) is 5.69 Å². The second-order valence-corrected chi connectivity index (χ2v) is 4.25. The summed E-state index contributed by atoms with van der Waals surface area (Å²) in [7, 11) is 0. The van der Waals surface area contributed by atoms with E-state index in [9.17, 15) is 9.90 Å². The molecule has 2 N–H and O–H groups in total. The van der Waals surface area contributed by atoms with Gasteiger partial charge in [-0.1, -0.05) is 12.2 Å². The van der Waals surface area contributed by atoms with E-state index in [0.29, 0.717) is 6.54 Å². The molecule has 0 aliphatic carbocycles. The summed E-state index contributed by atoms with van der Waals surface area (Å²) in [6.07, 6.45) is 3.62. The molecule has 19 heavy (non-hydrogen) atoms. The highest BCUT2D eigenvalue weighted by molar-refractivity contribution is 5.73. The number of carbonyl (C=O) groups is 1. The molecular weight excluding hydrogens is 240 g/mol. The van der Waals surface area contributed by atoms with Crippen molar-refractivity contribution in [1.82, 2.24) is 5.32 Å². The van der Waals surface area contributed by atoms with Gasteiger partial charge in [-0.3, -0.25) is 4.79 Å². The molecule has 0 bridgehead atoms. The van der Waals surface area contributed by atoms with E-state index in [1.54, 1.807) is 12.1 Å². The molecule has 4 heteroatoms. The van der Waals surface area contributed by atoms with E-state index in [1.165, 1.54) is 6.92 Å². The van der Waals surface area contributed by atoms with Gasteiger partial charge in [0.2, 0.25) is 5.91 Å². The summed E-state index contributed by atoms with van der Waals surface area (Å²) in [6, 6.07) is 5.64. The number of benzene rings is 1. The SMILES string of the molecule is CCN(CC)c1ccc(C=CCNC(C)=O)c(O)c1. The molecule has 1 aromatic rings. The van der Waals surface area contributed by atoms with Crippen LogP contribution in [0.3, 0.4) is 0 Å². The first kappa shape index (κ1) is 15.1. The Morgan fingerprint density at radius 1 is 1.37 bits per heavy atom. The number of phenols is 1. The van der Waals surface area contributed by atoms with Crippen LogP contribution in [-0.2, 0) is 4.79 Å². The maximum absolute atomic E-state index is 10.7. The fraction of sp³-hybridized carbons (Fsp3) is 0.400. The molecule has 0 aromatic heterocycles. The zero-order valence-corrected chi connectivity index (χ0v) is 11.8. The van der Waals surface area contributed by atoms with Crippen molar-refractivity contribution >= 4 is 17.7 Å². The molecule has 0 unspecified atom stereocenters. The summed E-state index contributed by atoms with van der Waals surface area (Å²) in [5, 5.41) is 12.6. The normalized spacial score (nSPS) is 10.7. The second kappa shape index (κ2) is 7.46. The molecule has 0 saturated heterocycles. The van der Waals surface area contributed by atoms with Crippen LogP contribution in [0.5, 0.6) is 5.75 Å². The van der Waals surface area contributed by atoms with Crippen molar-refractivity contribution in [3.63, 3.8) is 0 Å². The Morgan fingerprint density at radius 3 is 2.58 bits per heavy atom. The first-order chi connectivity index (χ1) is 9.08. The van der Waals surface area contributed by atoms with Crippen molar-refractivity contribution in [1.29, 1.82) is 0 Å². The topological polar surface area (TPSA) is 52.6 Å². The third-order valence-corrected chi connectivity index (χ3v) is 2.91. The molecule has 0 heterocycles. The van der Waals surface area contributed by atoms with E-state index in [2.05, 4.69) is 24.1 Å². The molecule has 4 nitrogen and oxygen atoms in total. The highest BCUT2D eigenvalue weighted by atomic mass is 16.3. The number of phenolic OH excluding ortho intramolecular Hbond substituents is 1. The summed E-state index contributed by atoms with van der Waals surface area (Å²) in [4.78, 5) is 12.9.